The van der Waals surface area contributed by atoms with Gasteiger partial charge in [-0.1, -0.05) is 32.6 Å². The van der Waals surface area contributed by atoms with Crippen LogP contribution in [0.4, 0.5) is 0 Å². The van der Waals surface area contributed by atoms with Crippen LogP contribution < -0.4 is 5.73 Å². The van der Waals surface area contributed by atoms with Crippen molar-refractivity contribution in [2.24, 2.45) is 5.73 Å². The van der Waals surface area contributed by atoms with E-state index in [1.165, 1.54) is 25.7 Å². The molecule has 118 valence electrons. The third-order valence-electron chi connectivity index (χ3n) is 4.00. The van der Waals surface area contributed by atoms with Crippen molar-refractivity contribution < 1.29 is 9.53 Å². The van der Waals surface area contributed by atoms with Crippen LogP contribution in [0.1, 0.15) is 64.7 Å². The molecule has 0 radical (unpaired) electrons. The molecule has 20 heavy (non-hydrogen) atoms. The van der Waals surface area contributed by atoms with E-state index in [4.69, 9.17) is 10.5 Å². The molecule has 0 aromatic carbocycles. The summed E-state index contributed by atoms with van der Waals surface area (Å²) in [6, 6.07) is 0.433. The van der Waals surface area contributed by atoms with Crippen molar-refractivity contribution >= 4 is 5.91 Å². The molecule has 0 aliphatic heterocycles. The first-order valence-electron chi connectivity index (χ1n) is 8.36. The molecule has 0 unspecified atom stereocenters. The van der Waals surface area contributed by atoms with Gasteiger partial charge in [0, 0.05) is 19.2 Å². The van der Waals surface area contributed by atoms with Crippen LogP contribution in [0.15, 0.2) is 0 Å². The predicted octanol–water partition coefficient (Wildman–Crippen LogP) is 2.70. The monoisotopic (exact) mass is 284 g/mol. The molecule has 0 aromatic heterocycles. The Morgan fingerprint density at radius 1 is 1.20 bits per heavy atom. The van der Waals surface area contributed by atoms with Crippen LogP contribution in [-0.4, -0.2) is 43.2 Å². The average Bonchev–Trinajstić information content (AvgIpc) is 2.73. The molecule has 0 bridgehead atoms. The van der Waals surface area contributed by atoms with Crippen molar-refractivity contribution in [3.63, 3.8) is 0 Å². The number of nitrogens with two attached hydrogens (primary N) is 1. The van der Waals surface area contributed by atoms with Gasteiger partial charge in [-0.05, 0) is 32.2 Å². The minimum atomic E-state index is 0.251. The first-order chi connectivity index (χ1) is 9.79. The summed E-state index contributed by atoms with van der Waals surface area (Å²) in [5, 5.41) is 0. The zero-order valence-electron chi connectivity index (χ0n) is 13.1. The van der Waals surface area contributed by atoms with Crippen LogP contribution in [0.5, 0.6) is 0 Å². The summed E-state index contributed by atoms with van der Waals surface area (Å²) in [5.74, 6) is 0.251. The van der Waals surface area contributed by atoms with E-state index in [1.54, 1.807) is 0 Å². The van der Waals surface area contributed by atoms with Gasteiger partial charge in [0.25, 0.3) is 0 Å². The third kappa shape index (κ3) is 6.71. The quantitative estimate of drug-likeness (QED) is 0.523. The number of nitrogens with zero attached hydrogens (tertiary/aromatic N) is 1. The molecule has 0 aromatic rings. The molecule has 0 spiro atoms. The van der Waals surface area contributed by atoms with Gasteiger partial charge in [0.15, 0.2) is 0 Å². The van der Waals surface area contributed by atoms with Crippen molar-refractivity contribution in [3.8, 4) is 0 Å². The Morgan fingerprint density at radius 2 is 1.90 bits per heavy atom. The molecule has 1 amide bonds. The van der Waals surface area contributed by atoms with E-state index in [-0.39, 0.29) is 5.91 Å². The predicted molar refractivity (Wildman–Crippen MR) is 82.6 cm³/mol. The molecule has 1 rings (SSSR count). The van der Waals surface area contributed by atoms with Crippen molar-refractivity contribution in [3.05, 3.63) is 0 Å². The van der Waals surface area contributed by atoms with Crippen LogP contribution in [0.25, 0.3) is 0 Å². The van der Waals surface area contributed by atoms with Gasteiger partial charge in [-0.15, -0.1) is 0 Å². The normalized spacial score (nSPS) is 16.9. The minimum Gasteiger partial charge on any atom is -0.381 e. The molecular weight excluding hydrogens is 252 g/mol. The summed E-state index contributed by atoms with van der Waals surface area (Å²) in [7, 11) is 0. The number of carbonyl (C=O) groups excluding carboxylic acids is 1. The highest BCUT2D eigenvalue weighted by Gasteiger charge is 2.23. The second-order valence-electron chi connectivity index (χ2n) is 5.74. The average molecular weight is 284 g/mol. The zero-order valence-corrected chi connectivity index (χ0v) is 13.1. The molecule has 0 saturated heterocycles. The van der Waals surface area contributed by atoms with Crippen molar-refractivity contribution in [1.29, 1.82) is 0 Å². The molecule has 2 N–H and O–H groups in total. The molecule has 4 heteroatoms. The summed E-state index contributed by atoms with van der Waals surface area (Å²) in [5.41, 5.74) is 5.61. The van der Waals surface area contributed by atoms with Gasteiger partial charge in [0.1, 0.15) is 0 Å². The molecule has 1 fully saturated rings. The number of amides is 1. The SMILES string of the molecule is CCCOCCC(=O)N(CCCN)C1CCCCCC1. The highest BCUT2D eigenvalue weighted by molar-refractivity contribution is 5.76. The van der Waals surface area contributed by atoms with Crippen molar-refractivity contribution in [2.45, 2.75) is 70.8 Å². The number of rotatable bonds is 9. The largest absolute Gasteiger partial charge is 0.381 e. The summed E-state index contributed by atoms with van der Waals surface area (Å²) < 4.78 is 5.45. The zero-order chi connectivity index (χ0) is 14.6. The van der Waals surface area contributed by atoms with Gasteiger partial charge in [0.05, 0.1) is 13.0 Å². The fourth-order valence-electron chi connectivity index (χ4n) is 2.89. The molecule has 1 saturated carbocycles. The smallest absolute Gasteiger partial charge is 0.225 e. The van der Waals surface area contributed by atoms with Crippen molar-refractivity contribution in [1.82, 2.24) is 4.90 Å². The lowest BCUT2D eigenvalue weighted by molar-refractivity contribution is -0.135. The molecule has 1 aliphatic rings. The van der Waals surface area contributed by atoms with Crippen LogP contribution in [0, 0.1) is 0 Å². The first-order valence-corrected chi connectivity index (χ1v) is 8.36. The maximum Gasteiger partial charge on any atom is 0.225 e. The van der Waals surface area contributed by atoms with Crippen LogP contribution in [0.3, 0.4) is 0 Å². The maximum absolute atomic E-state index is 12.4. The molecular formula is C16H32N2O2. The fourth-order valence-corrected chi connectivity index (χ4v) is 2.89. The molecule has 0 heterocycles. The van der Waals surface area contributed by atoms with Gasteiger partial charge in [-0.2, -0.15) is 0 Å². The molecule has 1 aliphatic carbocycles. The van der Waals surface area contributed by atoms with E-state index in [1.807, 2.05) is 0 Å². The highest BCUT2D eigenvalue weighted by Crippen LogP contribution is 2.22. The Kier molecular flexibility index (Phi) is 9.67. The molecule has 4 nitrogen and oxygen atoms in total. The Hall–Kier alpha value is -0.610. The minimum absolute atomic E-state index is 0.251. The molecule has 0 atom stereocenters. The van der Waals surface area contributed by atoms with Crippen LogP contribution >= 0.6 is 0 Å². The van der Waals surface area contributed by atoms with Gasteiger partial charge < -0.3 is 15.4 Å². The van der Waals surface area contributed by atoms with Gasteiger partial charge in [-0.25, -0.2) is 0 Å². The van der Waals surface area contributed by atoms with Gasteiger partial charge in [-0.3, -0.25) is 4.79 Å². The van der Waals surface area contributed by atoms with Crippen LogP contribution in [0.2, 0.25) is 0 Å². The van der Waals surface area contributed by atoms with E-state index in [2.05, 4.69) is 11.8 Å². The lowest BCUT2D eigenvalue weighted by atomic mass is 10.1. The summed E-state index contributed by atoms with van der Waals surface area (Å²) in [6.45, 7) is 4.86. The maximum atomic E-state index is 12.4. The van der Waals surface area contributed by atoms with E-state index >= 15 is 0 Å². The van der Waals surface area contributed by atoms with E-state index in [0.29, 0.717) is 25.6 Å². The topological polar surface area (TPSA) is 55.6 Å². The number of hydrogen-bond donors (Lipinski definition) is 1. The lowest BCUT2D eigenvalue weighted by Gasteiger charge is -2.31. The van der Waals surface area contributed by atoms with Crippen molar-refractivity contribution in [2.75, 3.05) is 26.3 Å². The second-order valence-corrected chi connectivity index (χ2v) is 5.74. The second kappa shape index (κ2) is 11.1. The Bertz CT molecular complexity index is 251. The number of hydrogen-bond acceptors (Lipinski definition) is 3. The Morgan fingerprint density at radius 3 is 2.50 bits per heavy atom. The summed E-state index contributed by atoms with van der Waals surface area (Å²) >= 11 is 0. The summed E-state index contributed by atoms with van der Waals surface area (Å²) in [4.78, 5) is 14.5. The third-order valence-corrected chi connectivity index (χ3v) is 4.00. The highest BCUT2D eigenvalue weighted by atomic mass is 16.5. The Labute approximate surface area is 124 Å². The fraction of sp³-hybridized carbons (Fsp3) is 0.938. The van der Waals surface area contributed by atoms with E-state index < -0.39 is 0 Å². The first kappa shape index (κ1) is 17.4. The Balaban J connectivity index is 2.45. The lowest BCUT2D eigenvalue weighted by Crippen LogP contribution is -2.41. The van der Waals surface area contributed by atoms with Gasteiger partial charge >= 0.3 is 0 Å². The standard InChI is InChI=1S/C16H32N2O2/c1-2-13-20-14-10-16(19)18(12-7-11-17)15-8-5-3-4-6-9-15/h15H,2-14,17H2,1H3. The summed E-state index contributed by atoms with van der Waals surface area (Å²) in [6.07, 6.45) is 9.88. The van der Waals surface area contributed by atoms with Gasteiger partial charge in [0.2, 0.25) is 5.91 Å². The van der Waals surface area contributed by atoms with E-state index in [9.17, 15) is 4.79 Å². The van der Waals surface area contributed by atoms with E-state index in [0.717, 1.165) is 38.8 Å². The number of carbonyl (C=O) groups is 1. The van der Waals surface area contributed by atoms with Crippen LogP contribution in [-0.2, 0) is 9.53 Å². The number of ether oxygens (including phenoxy) is 1.